The number of hydrogen-bond acceptors (Lipinski definition) is 5. The van der Waals surface area contributed by atoms with Crippen LogP contribution in [0.3, 0.4) is 0 Å². The molecule has 1 aromatic carbocycles. The van der Waals surface area contributed by atoms with Crippen LogP contribution in [0.25, 0.3) is 5.76 Å². The lowest BCUT2D eigenvalue weighted by atomic mass is 10.1. The van der Waals surface area contributed by atoms with Gasteiger partial charge in [-0.15, -0.1) is 0 Å². The molecule has 0 saturated carbocycles. The van der Waals surface area contributed by atoms with E-state index in [2.05, 4.69) is 0 Å². The summed E-state index contributed by atoms with van der Waals surface area (Å²) in [7, 11) is -3.89. The number of carbonyl (C=O) groups is 2. The van der Waals surface area contributed by atoms with Crippen LogP contribution in [-0.2, 0) is 24.3 Å². The van der Waals surface area contributed by atoms with E-state index >= 15 is 0 Å². The molecule has 1 aliphatic rings. The van der Waals surface area contributed by atoms with E-state index in [9.17, 15) is 18.0 Å². The Morgan fingerprint density at radius 3 is 2.38 bits per heavy atom. The number of benzene rings is 1. The lowest BCUT2D eigenvalue weighted by Gasteiger charge is -2.34. The van der Waals surface area contributed by atoms with Crippen molar-refractivity contribution < 1.29 is 22.7 Å². The van der Waals surface area contributed by atoms with Crippen LogP contribution in [0.4, 0.5) is 0 Å². The van der Waals surface area contributed by atoms with Crippen molar-refractivity contribution in [2.24, 2.45) is 0 Å². The molecule has 0 radical (unpaired) electrons. The van der Waals surface area contributed by atoms with Crippen LogP contribution >= 0.6 is 0 Å². The fourth-order valence-corrected chi connectivity index (χ4v) is 4.56. The van der Waals surface area contributed by atoms with Crippen LogP contribution in [-0.4, -0.2) is 30.5 Å². The second-order valence-corrected chi connectivity index (χ2v) is 7.63. The number of fused-ring (bicyclic) bond motifs is 1. The van der Waals surface area contributed by atoms with Gasteiger partial charge in [0.2, 0.25) is 0 Å². The van der Waals surface area contributed by atoms with Gasteiger partial charge in [-0.3, -0.25) is 13.9 Å². The van der Waals surface area contributed by atoms with E-state index in [-0.39, 0.29) is 28.3 Å². The summed E-state index contributed by atoms with van der Waals surface area (Å²) >= 11 is 0. The molecular weight excluding hydrogens is 330 g/mol. The summed E-state index contributed by atoms with van der Waals surface area (Å²) in [6.45, 7) is 6.43. The van der Waals surface area contributed by atoms with E-state index in [0.29, 0.717) is 6.42 Å². The number of allylic oxidation sites excluding steroid dienone is 1. The van der Waals surface area contributed by atoms with Gasteiger partial charge in [0, 0.05) is 24.9 Å². The van der Waals surface area contributed by atoms with Gasteiger partial charge in [0.05, 0.1) is 4.90 Å². The summed E-state index contributed by atoms with van der Waals surface area (Å²) in [4.78, 5) is 24.2. The van der Waals surface area contributed by atoms with E-state index in [1.165, 1.54) is 13.0 Å². The molecule has 1 heterocycles. The summed E-state index contributed by atoms with van der Waals surface area (Å²) < 4.78 is 32.3. The molecule has 2 rings (SSSR count). The van der Waals surface area contributed by atoms with Crippen molar-refractivity contribution in [3.05, 3.63) is 35.5 Å². The van der Waals surface area contributed by atoms with Crippen LogP contribution in [0.15, 0.2) is 34.9 Å². The number of nitrogens with zero attached hydrogens (tertiary/aromatic N) is 1. The van der Waals surface area contributed by atoms with E-state index in [0.717, 1.165) is 4.31 Å². The Morgan fingerprint density at radius 2 is 1.83 bits per heavy atom. The van der Waals surface area contributed by atoms with Gasteiger partial charge in [-0.2, -0.15) is 0 Å². The minimum absolute atomic E-state index is 0.0140. The third kappa shape index (κ3) is 3.08. The third-order valence-corrected chi connectivity index (χ3v) is 5.61. The van der Waals surface area contributed by atoms with Crippen molar-refractivity contribution in [1.82, 2.24) is 4.31 Å². The molecule has 24 heavy (non-hydrogen) atoms. The molecule has 7 heteroatoms. The standard InChI is InChI=1S/C17H21NO5S/c1-5-8-15(20)23-17-13-9-6-7-10-14(13)24(21,22)18(11(2)3)16(17)12(4)19/h6-7,9-11H,5,8H2,1-4H3. The SMILES string of the molecule is CCCC(=O)OC1=C(C(C)=O)N(C(C)C)S(=O)(=O)c2ccccc21. The maximum absolute atomic E-state index is 12.9. The molecule has 1 aliphatic heterocycles. The Labute approximate surface area is 142 Å². The number of hydrogen-bond donors (Lipinski definition) is 0. The van der Waals surface area contributed by atoms with Crippen LogP contribution < -0.4 is 0 Å². The average molecular weight is 351 g/mol. The highest BCUT2D eigenvalue weighted by molar-refractivity contribution is 7.89. The highest BCUT2D eigenvalue weighted by Gasteiger charge is 2.41. The predicted molar refractivity (Wildman–Crippen MR) is 89.2 cm³/mol. The van der Waals surface area contributed by atoms with Crippen molar-refractivity contribution in [3.8, 4) is 0 Å². The predicted octanol–water partition coefficient (Wildman–Crippen LogP) is 2.70. The molecule has 0 atom stereocenters. The molecule has 0 spiro atoms. The van der Waals surface area contributed by atoms with Crippen LogP contribution in [0.5, 0.6) is 0 Å². The number of rotatable bonds is 5. The van der Waals surface area contributed by atoms with E-state index in [4.69, 9.17) is 4.74 Å². The molecule has 0 amide bonds. The van der Waals surface area contributed by atoms with Gasteiger partial charge >= 0.3 is 5.97 Å². The minimum Gasteiger partial charge on any atom is -0.423 e. The lowest BCUT2D eigenvalue weighted by molar-refractivity contribution is -0.136. The number of esters is 1. The minimum atomic E-state index is -3.89. The van der Waals surface area contributed by atoms with Gasteiger partial charge < -0.3 is 4.74 Å². The average Bonchev–Trinajstić information content (AvgIpc) is 2.49. The van der Waals surface area contributed by atoms with E-state index in [1.807, 2.05) is 6.92 Å². The largest absolute Gasteiger partial charge is 0.423 e. The zero-order valence-electron chi connectivity index (χ0n) is 14.2. The van der Waals surface area contributed by atoms with E-state index in [1.54, 1.807) is 32.0 Å². The Morgan fingerprint density at radius 1 is 1.21 bits per heavy atom. The van der Waals surface area contributed by atoms with Crippen LogP contribution in [0.2, 0.25) is 0 Å². The first kappa shape index (κ1) is 18.2. The summed E-state index contributed by atoms with van der Waals surface area (Å²) in [6.07, 6.45) is 0.778. The van der Waals surface area contributed by atoms with Gasteiger partial charge in [-0.05, 0) is 32.4 Å². The monoisotopic (exact) mass is 351 g/mol. The number of carbonyl (C=O) groups excluding carboxylic acids is 2. The summed E-state index contributed by atoms with van der Waals surface area (Å²) in [6, 6.07) is 5.73. The molecule has 0 unspecified atom stereocenters. The second kappa shape index (κ2) is 6.76. The molecular formula is C17H21NO5S. The quantitative estimate of drug-likeness (QED) is 0.762. The first-order valence-electron chi connectivity index (χ1n) is 7.81. The molecule has 0 saturated heterocycles. The molecule has 0 fully saturated rings. The highest BCUT2D eigenvalue weighted by atomic mass is 32.2. The van der Waals surface area contributed by atoms with Gasteiger partial charge in [-0.25, -0.2) is 8.42 Å². The van der Waals surface area contributed by atoms with Gasteiger partial charge in [0.15, 0.2) is 11.5 Å². The Balaban J connectivity index is 2.78. The summed E-state index contributed by atoms with van der Waals surface area (Å²) in [5.74, 6) is -0.954. The van der Waals surface area contributed by atoms with Crippen molar-refractivity contribution in [1.29, 1.82) is 0 Å². The Bertz CT molecular complexity index is 808. The second-order valence-electron chi connectivity index (χ2n) is 5.85. The topological polar surface area (TPSA) is 80.8 Å². The van der Waals surface area contributed by atoms with Gasteiger partial charge in [-0.1, -0.05) is 19.1 Å². The van der Waals surface area contributed by atoms with Crippen molar-refractivity contribution >= 4 is 27.5 Å². The van der Waals surface area contributed by atoms with Crippen molar-refractivity contribution in [2.75, 3.05) is 0 Å². The molecule has 0 aliphatic carbocycles. The number of ether oxygens (including phenoxy) is 1. The number of sulfonamides is 1. The van der Waals surface area contributed by atoms with Crippen molar-refractivity contribution in [3.63, 3.8) is 0 Å². The molecule has 0 aromatic heterocycles. The van der Waals surface area contributed by atoms with Gasteiger partial charge in [0.1, 0.15) is 5.70 Å². The Hall–Kier alpha value is -2.15. The normalized spacial score (nSPS) is 16.1. The maximum atomic E-state index is 12.9. The number of ketones is 1. The highest BCUT2D eigenvalue weighted by Crippen LogP contribution is 2.39. The van der Waals surface area contributed by atoms with Crippen LogP contribution in [0.1, 0.15) is 46.1 Å². The zero-order valence-corrected chi connectivity index (χ0v) is 15.0. The fraction of sp³-hybridized carbons (Fsp3) is 0.412. The summed E-state index contributed by atoms with van der Waals surface area (Å²) in [5.41, 5.74) is 0.136. The van der Waals surface area contributed by atoms with Gasteiger partial charge in [0.25, 0.3) is 10.0 Å². The Kier molecular flexibility index (Phi) is 5.13. The molecule has 130 valence electrons. The van der Waals surface area contributed by atoms with Crippen molar-refractivity contribution in [2.45, 2.75) is 51.5 Å². The fourth-order valence-electron chi connectivity index (χ4n) is 2.66. The summed E-state index contributed by atoms with van der Waals surface area (Å²) in [5, 5.41) is 0. The first-order chi connectivity index (χ1) is 11.2. The smallest absolute Gasteiger partial charge is 0.311 e. The zero-order chi connectivity index (χ0) is 18.1. The molecule has 1 aromatic rings. The molecule has 0 bridgehead atoms. The maximum Gasteiger partial charge on any atom is 0.311 e. The molecule has 0 N–H and O–H groups in total. The molecule has 6 nitrogen and oxygen atoms in total. The van der Waals surface area contributed by atoms with E-state index < -0.39 is 27.8 Å². The third-order valence-electron chi connectivity index (χ3n) is 3.58. The first-order valence-corrected chi connectivity index (χ1v) is 9.25. The number of Topliss-reactive ketones (excluding diaryl/α,β-unsaturated/α-hetero) is 1. The lowest BCUT2D eigenvalue weighted by Crippen LogP contribution is -2.42. The van der Waals surface area contributed by atoms with Crippen LogP contribution in [0, 0.1) is 0 Å².